The van der Waals surface area contributed by atoms with Gasteiger partial charge < -0.3 is 4.48 Å². The largest absolute Gasteiger partial charge is 0.320 e. The van der Waals surface area contributed by atoms with Crippen LogP contribution in [-0.2, 0) is 0 Å². The highest BCUT2D eigenvalue weighted by atomic mass is 16.1. The number of likely N-dealkylation sites (N-methyl/N-ethyl adjacent to an activating group) is 1. The highest BCUT2D eigenvalue weighted by Crippen LogP contribution is 2.17. The van der Waals surface area contributed by atoms with E-state index in [1.165, 1.54) is 5.39 Å². The molecule has 2 aromatic rings. The van der Waals surface area contributed by atoms with E-state index in [1.807, 2.05) is 30.3 Å². The number of hydrogen-bond donors (Lipinski definition) is 0. The van der Waals surface area contributed by atoms with Crippen molar-refractivity contribution in [2.75, 3.05) is 26.7 Å². The molecule has 1 atom stereocenters. The summed E-state index contributed by atoms with van der Waals surface area (Å²) in [5.41, 5.74) is 0.831. The Bertz CT molecular complexity index is 605. The van der Waals surface area contributed by atoms with Gasteiger partial charge in [0.1, 0.15) is 6.54 Å². The van der Waals surface area contributed by atoms with Crippen LogP contribution in [-0.4, -0.2) is 36.9 Å². The van der Waals surface area contributed by atoms with Gasteiger partial charge in [-0.3, -0.25) is 4.79 Å². The van der Waals surface area contributed by atoms with Crippen molar-refractivity contribution in [3.8, 4) is 0 Å². The molecule has 0 aromatic heterocycles. The molecule has 0 aliphatic heterocycles. The number of rotatable bonds is 6. The summed E-state index contributed by atoms with van der Waals surface area (Å²) in [5.74, 6) is 0.244. The minimum atomic E-state index is 0.244. The molecule has 0 radical (unpaired) electrons. The predicted octanol–water partition coefficient (Wildman–Crippen LogP) is 3.90. The van der Waals surface area contributed by atoms with Crippen molar-refractivity contribution in [3.63, 3.8) is 0 Å². The first kappa shape index (κ1) is 14.7. The molecule has 0 bridgehead atoms. The van der Waals surface area contributed by atoms with Crippen LogP contribution in [0, 0.1) is 0 Å². The minimum Gasteiger partial charge on any atom is -0.320 e. The lowest BCUT2D eigenvalue weighted by Crippen LogP contribution is -2.47. The molecule has 2 heteroatoms. The Morgan fingerprint density at radius 1 is 1.05 bits per heavy atom. The fraction of sp³-hybridized carbons (Fsp3) is 0.389. The van der Waals surface area contributed by atoms with E-state index in [1.54, 1.807) is 0 Å². The second-order valence-electron chi connectivity index (χ2n) is 5.80. The Balaban J connectivity index is 2.22. The van der Waals surface area contributed by atoms with Crippen LogP contribution in [0.25, 0.3) is 10.8 Å². The molecule has 0 spiro atoms. The second kappa shape index (κ2) is 6.19. The molecule has 2 nitrogen and oxygen atoms in total. The Hall–Kier alpha value is -1.67. The van der Waals surface area contributed by atoms with Gasteiger partial charge in [-0.25, -0.2) is 0 Å². The van der Waals surface area contributed by atoms with Crippen molar-refractivity contribution < 1.29 is 9.28 Å². The van der Waals surface area contributed by atoms with Crippen LogP contribution in [0.15, 0.2) is 42.5 Å². The van der Waals surface area contributed by atoms with Gasteiger partial charge in [-0.2, -0.15) is 0 Å². The van der Waals surface area contributed by atoms with E-state index in [2.05, 4.69) is 33.0 Å². The standard InChI is InChI=1S/C18H24NO/c1-4-12-19(3,5-2)14-18(20)17-11-10-15-8-6-7-9-16(15)13-17/h6-11,13H,4-5,12,14H2,1-3H3/q+1. The van der Waals surface area contributed by atoms with E-state index in [4.69, 9.17) is 0 Å². The summed E-state index contributed by atoms with van der Waals surface area (Å²) in [6.07, 6.45) is 1.11. The van der Waals surface area contributed by atoms with Crippen LogP contribution in [0.2, 0.25) is 0 Å². The van der Waals surface area contributed by atoms with E-state index < -0.39 is 0 Å². The summed E-state index contributed by atoms with van der Waals surface area (Å²) in [5, 5.41) is 2.32. The van der Waals surface area contributed by atoms with Crippen LogP contribution in [0.4, 0.5) is 0 Å². The van der Waals surface area contributed by atoms with Gasteiger partial charge in [-0.15, -0.1) is 0 Å². The number of nitrogens with zero attached hydrogens (tertiary/aromatic N) is 1. The Labute approximate surface area is 121 Å². The lowest BCUT2D eigenvalue weighted by molar-refractivity contribution is -0.899. The van der Waals surface area contributed by atoms with Crippen LogP contribution in [0.1, 0.15) is 30.6 Å². The molecule has 0 aliphatic carbocycles. The highest BCUT2D eigenvalue weighted by molar-refractivity contribution is 6.00. The summed E-state index contributed by atoms with van der Waals surface area (Å²) in [4.78, 5) is 12.5. The number of Topliss-reactive ketones (excluding diaryl/α,β-unsaturated/α-hetero) is 1. The SMILES string of the molecule is CCC[N+](C)(CC)CC(=O)c1ccc2ccccc2c1. The van der Waals surface area contributed by atoms with E-state index >= 15 is 0 Å². The summed E-state index contributed by atoms with van der Waals surface area (Å²) in [6, 6.07) is 14.2. The average molecular weight is 270 g/mol. The first-order valence-electron chi connectivity index (χ1n) is 7.43. The molecular formula is C18H24NO+. The van der Waals surface area contributed by atoms with Crippen molar-refractivity contribution in [3.05, 3.63) is 48.0 Å². The third-order valence-electron chi connectivity index (χ3n) is 4.12. The molecule has 0 amide bonds. The normalized spacial score (nSPS) is 14.2. The molecule has 0 heterocycles. The van der Waals surface area contributed by atoms with Gasteiger partial charge in [-0.05, 0) is 30.2 Å². The summed E-state index contributed by atoms with van der Waals surface area (Å²) >= 11 is 0. The zero-order chi connectivity index (χ0) is 14.6. The molecule has 0 saturated heterocycles. The quantitative estimate of drug-likeness (QED) is 0.575. The number of carbonyl (C=O) groups is 1. The number of benzene rings is 2. The Morgan fingerprint density at radius 3 is 2.40 bits per heavy atom. The third-order valence-corrected chi connectivity index (χ3v) is 4.12. The molecular weight excluding hydrogens is 246 g/mol. The van der Waals surface area contributed by atoms with Crippen LogP contribution >= 0.6 is 0 Å². The molecule has 0 aliphatic rings. The zero-order valence-electron chi connectivity index (χ0n) is 12.7. The Morgan fingerprint density at radius 2 is 1.75 bits per heavy atom. The van der Waals surface area contributed by atoms with Gasteiger partial charge >= 0.3 is 0 Å². The van der Waals surface area contributed by atoms with Crippen molar-refractivity contribution in [2.24, 2.45) is 0 Å². The van der Waals surface area contributed by atoms with Gasteiger partial charge in [0, 0.05) is 5.56 Å². The highest BCUT2D eigenvalue weighted by Gasteiger charge is 2.23. The van der Waals surface area contributed by atoms with Gasteiger partial charge in [0.15, 0.2) is 0 Å². The van der Waals surface area contributed by atoms with Crippen molar-refractivity contribution in [2.45, 2.75) is 20.3 Å². The summed E-state index contributed by atoms with van der Waals surface area (Å²) in [7, 11) is 2.17. The van der Waals surface area contributed by atoms with Crippen molar-refractivity contribution in [1.29, 1.82) is 0 Å². The lowest BCUT2D eigenvalue weighted by atomic mass is 10.0. The smallest absolute Gasteiger partial charge is 0.216 e. The van der Waals surface area contributed by atoms with Crippen LogP contribution in [0.5, 0.6) is 0 Å². The first-order valence-corrected chi connectivity index (χ1v) is 7.43. The Kier molecular flexibility index (Phi) is 4.56. The molecule has 20 heavy (non-hydrogen) atoms. The predicted molar refractivity (Wildman–Crippen MR) is 85.0 cm³/mol. The molecule has 2 rings (SSSR count). The third kappa shape index (κ3) is 3.26. The average Bonchev–Trinajstić information content (AvgIpc) is 2.47. The minimum absolute atomic E-state index is 0.244. The second-order valence-corrected chi connectivity index (χ2v) is 5.80. The first-order chi connectivity index (χ1) is 9.58. The lowest BCUT2D eigenvalue weighted by Gasteiger charge is -2.32. The number of fused-ring (bicyclic) bond motifs is 1. The van der Waals surface area contributed by atoms with Crippen LogP contribution < -0.4 is 0 Å². The number of ketones is 1. The molecule has 0 saturated carbocycles. The molecule has 0 N–H and O–H groups in total. The number of hydrogen-bond acceptors (Lipinski definition) is 1. The molecule has 1 unspecified atom stereocenters. The maximum atomic E-state index is 12.5. The monoisotopic (exact) mass is 270 g/mol. The van der Waals surface area contributed by atoms with E-state index in [9.17, 15) is 4.79 Å². The van der Waals surface area contributed by atoms with E-state index in [-0.39, 0.29) is 5.78 Å². The van der Waals surface area contributed by atoms with Crippen molar-refractivity contribution in [1.82, 2.24) is 0 Å². The fourth-order valence-electron chi connectivity index (χ4n) is 2.69. The zero-order valence-corrected chi connectivity index (χ0v) is 12.7. The topological polar surface area (TPSA) is 17.1 Å². The maximum absolute atomic E-state index is 12.5. The summed E-state index contributed by atoms with van der Waals surface area (Å²) in [6.45, 7) is 6.96. The fourth-order valence-corrected chi connectivity index (χ4v) is 2.69. The molecule has 106 valence electrons. The van der Waals surface area contributed by atoms with Gasteiger partial charge in [0.05, 0.1) is 20.1 Å². The summed E-state index contributed by atoms with van der Waals surface area (Å²) < 4.78 is 0.822. The molecule has 0 fully saturated rings. The van der Waals surface area contributed by atoms with E-state index in [0.717, 1.165) is 34.9 Å². The molecule has 2 aromatic carbocycles. The van der Waals surface area contributed by atoms with Gasteiger partial charge in [0.25, 0.3) is 0 Å². The maximum Gasteiger partial charge on any atom is 0.216 e. The number of carbonyl (C=O) groups excluding carboxylic acids is 1. The number of quaternary nitrogens is 1. The van der Waals surface area contributed by atoms with Crippen molar-refractivity contribution >= 4 is 16.6 Å². The van der Waals surface area contributed by atoms with Crippen LogP contribution in [0.3, 0.4) is 0 Å². The van der Waals surface area contributed by atoms with Gasteiger partial charge in [0.2, 0.25) is 5.78 Å². The van der Waals surface area contributed by atoms with Gasteiger partial charge in [-0.1, -0.05) is 43.3 Å². The van der Waals surface area contributed by atoms with E-state index in [0.29, 0.717) is 6.54 Å².